The van der Waals surface area contributed by atoms with E-state index in [0.29, 0.717) is 14.9 Å². The molecule has 0 spiro atoms. The summed E-state index contributed by atoms with van der Waals surface area (Å²) in [5.41, 5.74) is 7.32. The molecule has 0 aliphatic heterocycles. The smallest absolute Gasteiger partial charge is 0.171 e. The predicted octanol–water partition coefficient (Wildman–Crippen LogP) is 3.62. The SMILES string of the molecule is COc1cc(C=C(C#N)C#N)cc(I)c1O.NCCc1ccccc1. The average molecular weight is 447 g/mol. The zero-order chi connectivity index (χ0) is 18.7. The van der Waals surface area contributed by atoms with E-state index in [1.165, 1.54) is 18.7 Å². The molecule has 5 nitrogen and oxygen atoms in total. The Morgan fingerprint density at radius 2 is 1.88 bits per heavy atom. The molecule has 2 aromatic rings. The van der Waals surface area contributed by atoms with E-state index in [1.54, 1.807) is 24.3 Å². The normalized spacial score (nSPS) is 9.00. The standard InChI is InChI=1S/C11H7IN2O2.C8H11N/c1-16-10-4-7(2-8(5-13)6-14)3-9(12)11(10)15;9-7-6-8-4-2-1-3-5-8/h2-4,15H,1H3;1-5H,6-7,9H2. The van der Waals surface area contributed by atoms with Crippen LogP contribution in [0.15, 0.2) is 48.0 Å². The van der Waals surface area contributed by atoms with E-state index in [4.69, 9.17) is 21.0 Å². The number of phenolic OH excluding ortho intramolecular Hbond substituents is 1. The molecule has 2 rings (SSSR count). The molecule has 0 saturated heterocycles. The minimum absolute atomic E-state index is 0.00328. The van der Waals surface area contributed by atoms with Crippen molar-refractivity contribution in [3.05, 3.63) is 62.7 Å². The molecule has 0 amide bonds. The Balaban J connectivity index is 0.000000293. The number of phenols is 1. The molecule has 6 heteroatoms. The van der Waals surface area contributed by atoms with Crippen LogP contribution < -0.4 is 10.5 Å². The second-order valence-corrected chi connectivity index (χ2v) is 6.02. The van der Waals surface area contributed by atoms with E-state index in [1.807, 2.05) is 40.8 Å². The number of hydrogen-bond donors (Lipinski definition) is 2. The van der Waals surface area contributed by atoms with Crippen molar-refractivity contribution in [2.24, 2.45) is 5.73 Å². The van der Waals surface area contributed by atoms with Crippen molar-refractivity contribution < 1.29 is 9.84 Å². The molecule has 0 bridgehead atoms. The van der Waals surface area contributed by atoms with Crippen LogP contribution in [0.25, 0.3) is 6.08 Å². The van der Waals surface area contributed by atoms with Gasteiger partial charge in [0.2, 0.25) is 0 Å². The van der Waals surface area contributed by atoms with Crippen LogP contribution in [0.4, 0.5) is 0 Å². The number of allylic oxidation sites excluding steroid dienone is 1. The summed E-state index contributed by atoms with van der Waals surface area (Å²) in [6.07, 6.45) is 2.42. The number of halogens is 1. The molecule has 0 radical (unpaired) electrons. The molecule has 0 aliphatic carbocycles. The molecular weight excluding hydrogens is 429 g/mol. The lowest BCUT2D eigenvalue weighted by molar-refractivity contribution is 0.371. The molecule has 0 saturated carbocycles. The highest BCUT2D eigenvalue weighted by atomic mass is 127. The van der Waals surface area contributed by atoms with Crippen LogP contribution in [-0.4, -0.2) is 18.8 Å². The van der Waals surface area contributed by atoms with Crippen molar-refractivity contribution >= 4 is 28.7 Å². The molecular formula is C19H18IN3O2. The van der Waals surface area contributed by atoms with Gasteiger partial charge < -0.3 is 15.6 Å². The van der Waals surface area contributed by atoms with E-state index in [9.17, 15) is 5.11 Å². The molecule has 0 aromatic heterocycles. The third-order valence-electron chi connectivity index (χ3n) is 3.10. The van der Waals surface area contributed by atoms with Gasteiger partial charge in [0, 0.05) is 0 Å². The first kappa shape index (κ1) is 20.5. The van der Waals surface area contributed by atoms with Gasteiger partial charge in [0.1, 0.15) is 17.7 Å². The van der Waals surface area contributed by atoms with Crippen molar-refractivity contribution in [3.63, 3.8) is 0 Å². The number of aromatic hydroxyl groups is 1. The van der Waals surface area contributed by atoms with Crippen molar-refractivity contribution in [2.45, 2.75) is 6.42 Å². The summed E-state index contributed by atoms with van der Waals surface area (Å²) in [4.78, 5) is 0. The topological polar surface area (TPSA) is 103 Å². The zero-order valence-electron chi connectivity index (χ0n) is 13.7. The summed E-state index contributed by atoms with van der Waals surface area (Å²) >= 11 is 1.94. The number of rotatable bonds is 4. The van der Waals surface area contributed by atoms with Crippen LogP contribution in [-0.2, 0) is 6.42 Å². The Labute approximate surface area is 161 Å². The lowest BCUT2D eigenvalue weighted by Gasteiger charge is -2.06. The first-order valence-corrected chi connectivity index (χ1v) is 8.46. The number of hydrogen-bond acceptors (Lipinski definition) is 5. The maximum absolute atomic E-state index is 9.59. The Morgan fingerprint density at radius 3 is 2.40 bits per heavy atom. The van der Waals surface area contributed by atoms with Crippen LogP contribution in [0, 0.1) is 26.2 Å². The van der Waals surface area contributed by atoms with E-state index >= 15 is 0 Å². The highest BCUT2D eigenvalue weighted by Gasteiger charge is 2.07. The second-order valence-electron chi connectivity index (χ2n) is 4.86. The largest absolute Gasteiger partial charge is 0.504 e. The summed E-state index contributed by atoms with van der Waals surface area (Å²) in [5.74, 6) is 0.365. The van der Waals surface area contributed by atoms with Crippen molar-refractivity contribution in [2.75, 3.05) is 13.7 Å². The average Bonchev–Trinajstić information content (AvgIpc) is 2.64. The van der Waals surface area contributed by atoms with Gasteiger partial charge in [-0.25, -0.2) is 0 Å². The minimum Gasteiger partial charge on any atom is -0.504 e. The number of nitriles is 2. The van der Waals surface area contributed by atoms with Gasteiger partial charge in [-0.05, 0) is 64.9 Å². The van der Waals surface area contributed by atoms with Gasteiger partial charge in [0.25, 0.3) is 0 Å². The Morgan fingerprint density at radius 1 is 1.24 bits per heavy atom. The predicted molar refractivity (Wildman–Crippen MR) is 106 cm³/mol. The number of ether oxygens (including phenoxy) is 1. The lowest BCUT2D eigenvalue weighted by atomic mass is 10.1. The van der Waals surface area contributed by atoms with Crippen molar-refractivity contribution in [1.29, 1.82) is 10.5 Å². The van der Waals surface area contributed by atoms with Crippen LogP contribution in [0.2, 0.25) is 0 Å². The Hall–Kier alpha value is -2.55. The van der Waals surface area contributed by atoms with Crippen molar-refractivity contribution in [1.82, 2.24) is 0 Å². The number of nitrogens with two attached hydrogens (primary N) is 1. The number of nitrogens with zero attached hydrogens (tertiary/aromatic N) is 2. The summed E-state index contributed by atoms with van der Waals surface area (Å²) in [7, 11) is 1.44. The summed E-state index contributed by atoms with van der Waals surface area (Å²) < 4.78 is 5.56. The van der Waals surface area contributed by atoms with Gasteiger partial charge in [-0.15, -0.1) is 0 Å². The summed E-state index contributed by atoms with van der Waals surface area (Å²) in [6.45, 7) is 0.740. The third-order valence-corrected chi connectivity index (χ3v) is 3.92. The van der Waals surface area contributed by atoms with Crippen LogP contribution in [0.3, 0.4) is 0 Å². The fourth-order valence-corrected chi connectivity index (χ4v) is 2.53. The van der Waals surface area contributed by atoms with Gasteiger partial charge in [-0.2, -0.15) is 10.5 Å². The molecule has 3 N–H and O–H groups in total. The lowest BCUT2D eigenvalue weighted by Crippen LogP contribution is -2.01. The van der Waals surface area contributed by atoms with Gasteiger partial charge in [0.15, 0.2) is 11.5 Å². The van der Waals surface area contributed by atoms with E-state index < -0.39 is 0 Å². The molecule has 0 aliphatic rings. The first-order chi connectivity index (χ1) is 12.0. The fraction of sp³-hybridized carbons (Fsp3) is 0.158. The fourth-order valence-electron chi connectivity index (χ4n) is 1.90. The van der Waals surface area contributed by atoms with E-state index in [-0.39, 0.29) is 11.3 Å². The van der Waals surface area contributed by atoms with Gasteiger partial charge in [0.05, 0.1) is 10.7 Å². The van der Waals surface area contributed by atoms with Gasteiger partial charge >= 0.3 is 0 Å². The van der Waals surface area contributed by atoms with Crippen LogP contribution in [0.1, 0.15) is 11.1 Å². The summed E-state index contributed by atoms with van der Waals surface area (Å²) in [6, 6.07) is 17.0. The molecule has 128 valence electrons. The third kappa shape index (κ3) is 6.84. The second kappa shape index (κ2) is 11.1. The minimum atomic E-state index is 0.00328. The first-order valence-electron chi connectivity index (χ1n) is 7.38. The maximum Gasteiger partial charge on any atom is 0.171 e. The van der Waals surface area contributed by atoms with Crippen molar-refractivity contribution in [3.8, 4) is 23.6 Å². The molecule has 0 unspecified atom stereocenters. The molecule has 2 aromatic carbocycles. The highest BCUT2D eigenvalue weighted by Crippen LogP contribution is 2.32. The monoisotopic (exact) mass is 447 g/mol. The maximum atomic E-state index is 9.59. The Kier molecular flexibility index (Phi) is 9.09. The molecule has 0 fully saturated rings. The van der Waals surface area contributed by atoms with Crippen LogP contribution >= 0.6 is 22.6 Å². The van der Waals surface area contributed by atoms with E-state index in [0.717, 1.165) is 13.0 Å². The van der Waals surface area contributed by atoms with Crippen LogP contribution in [0.5, 0.6) is 11.5 Å². The van der Waals surface area contributed by atoms with Gasteiger partial charge in [-0.1, -0.05) is 30.3 Å². The quantitative estimate of drug-likeness (QED) is 0.551. The number of benzene rings is 2. The summed E-state index contributed by atoms with van der Waals surface area (Å²) in [5, 5.41) is 26.8. The zero-order valence-corrected chi connectivity index (χ0v) is 15.9. The molecule has 0 atom stereocenters. The molecule has 25 heavy (non-hydrogen) atoms. The molecule has 0 heterocycles. The van der Waals surface area contributed by atoms with Gasteiger partial charge in [-0.3, -0.25) is 0 Å². The van der Waals surface area contributed by atoms with E-state index in [2.05, 4.69) is 12.1 Å². The Bertz CT molecular complexity index is 790. The highest BCUT2D eigenvalue weighted by molar-refractivity contribution is 14.1. The number of methoxy groups -OCH3 is 1.